The van der Waals surface area contributed by atoms with Gasteiger partial charge < -0.3 is 9.88 Å². The van der Waals surface area contributed by atoms with Crippen molar-refractivity contribution in [3.8, 4) is 28.5 Å². The molecule has 6 rings (SSSR count). The van der Waals surface area contributed by atoms with Gasteiger partial charge in [0.1, 0.15) is 11.9 Å². The molecule has 0 saturated carbocycles. The molecule has 1 aliphatic rings. The molecule has 35 heavy (non-hydrogen) atoms. The number of pyridine rings is 1. The van der Waals surface area contributed by atoms with Crippen molar-refractivity contribution in [2.45, 2.75) is 19.9 Å². The lowest BCUT2D eigenvalue weighted by atomic mass is 9.94. The van der Waals surface area contributed by atoms with Gasteiger partial charge in [-0.1, -0.05) is 12.1 Å². The molecule has 2 aromatic carbocycles. The number of halogens is 1. The number of nitriles is 1. The zero-order chi connectivity index (χ0) is 24.1. The average molecular weight is 465 g/mol. The Labute approximate surface area is 202 Å². The van der Waals surface area contributed by atoms with Crippen molar-refractivity contribution in [2.75, 3.05) is 13.1 Å². The minimum atomic E-state index is -0.525. The van der Waals surface area contributed by atoms with Gasteiger partial charge in [-0.2, -0.15) is 10.4 Å². The molecule has 1 N–H and O–H groups in total. The molecule has 174 valence electrons. The van der Waals surface area contributed by atoms with Crippen LogP contribution in [0.15, 0.2) is 54.9 Å². The van der Waals surface area contributed by atoms with Crippen molar-refractivity contribution < 1.29 is 4.39 Å². The zero-order valence-corrected chi connectivity index (χ0v) is 19.7. The normalized spacial score (nSPS) is 15.8. The van der Waals surface area contributed by atoms with Crippen LogP contribution in [0.5, 0.6) is 0 Å². The molecule has 0 unspecified atom stereocenters. The summed E-state index contributed by atoms with van der Waals surface area (Å²) in [5, 5.41) is 19.3. The highest BCUT2D eigenvalue weighted by Gasteiger charge is 2.20. The summed E-state index contributed by atoms with van der Waals surface area (Å²) >= 11 is 0. The lowest BCUT2D eigenvalue weighted by Crippen LogP contribution is -2.14. The molecule has 4 heterocycles. The van der Waals surface area contributed by atoms with Gasteiger partial charge in [0.2, 0.25) is 0 Å². The second-order valence-electron chi connectivity index (χ2n) is 9.36. The molecular weight excluding hydrogens is 439 g/mol. The van der Waals surface area contributed by atoms with Gasteiger partial charge in [0.15, 0.2) is 0 Å². The topological polar surface area (TPSA) is 71.5 Å². The second kappa shape index (κ2) is 8.33. The maximum absolute atomic E-state index is 14.7. The Morgan fingerprint density at radius 3 is 2.74 bits per heavy atom. The van der Waals surface area contributed by atoms with Crippen LogP contribution in [0.2, 0.25) is 0 Å². The fourth-order valence-corrected chi connectivity index (χ4v) is 5.33. The van der Waals surface area contributed by atoms with Crippen LogP contribution in [0.1, 0.15) is 17.7 Å². The molecule has 1 saturated heterocycles. The number of rotatable bonds is 4. The lowest BCUT2D eigenvalue weighted by molar-refractivity contribution is 0.491. The standard InChI is InChI=1S/C28H25FN6/c1-17-23-11-20(5-6-25(23)34(2)33-17)28-27(19-3-4-21(13-30)24(29)12-19)22-8-10-35(26(22)15-32-28)16-18-7-9-31-14-18/h3-6,8,10-12,15,18,31H,7,9,14,16H2,1-2H3/t18-/m1/s1. The minimum absolute atomic E-state index is 0.0362. The molecule has 0 radical (unpaired) electrons. The third kappa shape index (κ3) is 3.58. The Bertz CT molecular complexity index is 1630. The van der Waals surface area contributed by atoms with Crippen LogP contribution < -0.4 is 5.32 Å². The monoisotopic (exact) mass is 464 g/mol. The predicted molar refractivity (Wildman–Crippen MR) is 135 cm³/mol. The van der Waals surface area contributed by atoms with E-state index in [1.165, 1.54) is 6.07 Å². The van der Waals surface area contributed by atoms with Crippen molar-refractivity contribution >= 4 is 21.8 Å². The molecule has 0 bridgehead atoms. The van der Waals surface area contributed by atoms with Gasteiger partial charge in [-0.3, -0.25) is 9.67 Å². The fraction of sp³-hybridized carbons (Fsp3) is 0.250. The third-order valence-corrected chi connectivity index (χ3v) is 7.13. The van der Waals surface area contributed by atoms with Gasteiger partial charge in [-0.25, -0.2) is 4.39 Å². The van der Waals surface area contributed by atoms with E-state index in [4.69, 9.17) is 4.98 Å². The van der Waals surface area contributed by atoms with Gasteiger partial charge in [-0.15, -0.1) is 0 Å². The smallest absolute Gasteiger partial charge is 0.141 e. The molecule has 0 amide bonds. The Morgan fingerprint density at radius 2 is 1.97 bits per heavy atom. The minimum Gasteiger partial charge on any atom is -0.346 e. The van der Waals surface area contributed by atoms with E-state index in [-0.39, 0.29) is 5.56 Å². The molecule has 1 atom stereocenters. The molecule has 1 fully saturated rings. The predicted octanol–water partition coefficient (Wildman–Crippen LogP) is 5.19. The first-order valence-electron chi connectivity index (χ1n) is 11.9. The van der Waals surface area contributed by atoms with E-state index in [1.54, 1.807) is 6.07 Å². The van der Waals surface area contributed by atoms with E-state index in [1.807, 2.05) is 43.1 Å². The van der Waals surface area contributed by atoms with Gasteiger partial charge >= 0.3 is 0 Å². The summed E-state index contributed by atoms with van der Waals surface area (Å²) in [5.41, 5.74) is 6.37. The first-order valence-corrected chi connectivity index (χ1v) is 11.9. The second-order valence-corrected chi connectivity index (χ2v) is 9.36. The maximum Gasteiger partial charge on any atom is 0.141 e. The molecule has 7 heteroatoms. The van der Waals surface area contributed by atoms with Crippen molar-refractivity contribution in [3.63, 3.8) is 0 Å². The first-order chi connectivity index (χ1) is 17.0. The summed E-state index contributed by atoms with van der Waals surface area (Å²) in [5.74, 6) is 0.0556. The highest BCUT2D eigenvalue weighted by molar-refractivity contribution is 6.02. The highest BCUT2D eigenvalue weighted by atomic mass is 19.1. The van der Waals surface area contributed by atoms with E-state index >= 15 is 0 Å². The number of nitrogens with one attached hydrogen (secondary N) is 1. The zero-order valence-electron chi connectivity index (χ0n) is 19.7. The Kier molecular flexibility index (Phi) is 5.12. The van der Waals surface area contributed by atoms with Crippen LogP contribution >= 0.6 is 0 Å². The SMILES string of the molecule is Cc1nn(C)c2ccc(-c3ncc4c(ccn4C[C@@H]4CCNC4)c3-c3ccc(C#N)c(F)c3)cc12. The Balaban J connectivity index is 1.57. The van der Waals surface area contributed by atoms with Gasteiger partial charge in [0.25, 0.3) is 0 Å². The third-order valence-electron chi connectivity index (χ3n) is 7.13. The summed E-state index contributed by atoms with van der Waals surface area (Å²) in [6, 6.07) is 15.0. The van der Waals surface area contributed by atoms with E-state index < -0.39 is 5.82 Å². The number of aromatic nitrogens is 4. The Hall–Kier alpha value is -4.02. The van der Waals surface area contributed by atoms with Crippen LogP contribution in [0.3, 0.4) is 0 Å². The molecule has 5 aromatic rings. The highest BCUT2D eigenvalue weighted by Crippen LogP contribution is 2.39. The lowest BCUT2D eigenvalue weighted by Gasteiger charge is -2.15. The summed E-state index contributed by atoms with van der Waals surface area (Å²) in [7, 11) is 1.94. The maximum atomic E-state index is 14.7. The van der Waals surface area contributed by atoms with E-state index in [2.05, 4.69) is 39.4 Å². The van der Waals surface area contributed by atoms with Crippen LogP contribution in [-0.2, 0) is 13.6 Å². The van der Waals surface area contributed by atoms with Gasteiger partial charge in [0, 0.05) is 41.7 Å². The summed E-state index contributed by atoms with van der Waals surface area (Å²) in [6.45, 7) is 4.98. The largest absolute Gasteiger partial charge is 0.346 e. The molecule has 6 nitrogen and oxygen atoms in total. The number of hydrogen-bond acceptors (Lipinski definition) is 4. The number of nitrogens with zero attached hydrogens (tertiary/aromatic N) is 5. The molecular formula is C28H25FN6. The van der Waals surface area contributed by atoms with Gasteiger partial charge in [-0.05, 0) is 68.2 Å². The number of aryl methyl sites for hydroxylation is 2. The van der Waals surface area contributed by atoms with E-state index in [0.717, 1.165) is 70.4 Å². The van der Waals surface area contributed by atoms with E-state index in [9.17, 15) is 9.65 Å². The Morgan fingerprint density at radius 1 is 1.11 bits per heavy atom. The summed E-state index contributed by atoms with van der Waals surface area (Å²) in [6.07, 6.45) is 5.19. The van der Waals surface area contributed by atoms with Crippen LogP contribution in [0.25, 0.3) is 44.2 Å². The van der Waals surface area contributed by atoms with Crippen LogP contribution in [0.4, 0.5) is 4.39 Å². The van der Waals surface area contributed by atoms with Crippen molar-refractivity contribution in [3.05, 3.63) is 71.9 Å². The fourth-order valence-electron chi connectivity index (χ4n) is 5.33. The molecule has 1 aliphatic heterocycles. The summed E-state index contributed by atoms with van der Waals surface area (Å²) in [4.78, 5) is 4.93. The first kappa shape index (κ1) is 21.5. The average Bonchev–Trinajstić information content (AvgIpc) is 3.59. The molecule has 3 aromatic heterocycles. The number of fused-ring (bicyclic) bond motifs is 2. The van der Waals surface area contributed by atoms with E-state index in [0.29, 0.717) is 11.5 Å². The summed E-state index contributed by atoms with van der Waals surface area (Å²) < 4.78 is 18.9. The quantitative estimate of drug-likeness (QED) is 0.398. The van der Waals surface area contributed by atoms with Gasteiger partial charge in [0.05, 0.1) is 34.2 Å². The van der Waals surface area contributed by atoms with Crippen LogP contribution in [0, 0.1) is 30.0 Å². The molecule has 0 spiro atoms. The number of benzene rings is 2. The van der Waals surface area contributed by atoms with Crippen LogP contribution in [-0.4, -0.2) is 32.4 Å². The van der Waals surface area contributed by atoms with Crippen molar-refractivity contribution in [1.29, 1.82) is 5.26 Å². The molecule has 0 aliphatic carbocycles. The van der Waals surface area contributed by atoms with Crippen molar-refractivity contribution in [2.24, 2.45) is 13.0 Å². The number of hydrogen-bond donors (Lipinski definition) is 1. The van der Waals surface area contributed by atoms with Crippen molar-refractivity contribution in [1.82, 2.24) is 24.6 Å².